The number of amides is 1. The Morgan fingerprint density at radius 1 is 1.21 bits per heavy atom. The number of carbonyl (C=O) groups is 1. The van der Waals surface area contributed by atoms with Crippen LogP contribution in [0.2, 0.25) is 0 Å². The van der Waals surface area contributed by atoms with Crippen LogP contribution < -0.4 is 4.74 Å². The summed E-state index contributed by atoms with van der Waals surface area (Å²) in [5.74, 6) is 1.94. The Morgan fingerprint density at radius 3 is 2.89 bits per heavy atom. The van der Waals surface area contributed by atoms with Gasteiger partial charge in [0.1, 0.15) is 5.75 Å². The van der Waals surface area contributed by atoms with E-state index in [0.29, 0.717) is 37.8 Å². The molecule has 3 aromatic rings. The SMILES string of the molecule is CCOc1ccccc1CN1CC(c2noc(-c3cccc(C)c3)n2)CC1=O. The molecule has 1 aliphatic rings. The minimum Gasteiger partial charge on any atom is -0.494 e. The maximum absolute atomic E-state index is 12.6. The Kier molecular flexibility index (Phi) is 5.10. The molecule has 0 aliphatic carbocycles. The molecule has 4 rings (SSSR count). The molecule has 1 atom stereocenters. The first kappa shape index (κ1) is 18.2. The van der Waals surface area contributed by atoms with Gasteiger partial charge >= 0.3 is 0 Å². The zero-order chi connectivity index (χ0) is 19.5. The van der Waals surface area contributed by atoms with E-state index >= 15 is 0 Å². The molecule has 6 nitrogen and oxygen atoms in total. The third kappa shape index (κ3) is 3.76. The van der Waals surface area contributed by atoms with Crippen LogP contribution in [-0.2, 0) is 11.3 Å². The quantitative estimate of drug-likeness (QED) is 0.650. The summed E-state index contributed by atoms with van der Waals surface area (Å²) in [4.78, 5) is 18.9. The van der Waals surface area contributed by atoms with Crippen molar-refractivity contribution in [3.8, 4) is 17.2 Å². The van der Waals surface area contributed by atoms with Crippen LogP contribution in [0.1, 0.15) is 36.2 Å². The second-order valence-corrected chi connectivity index (χ2v) is 7.04. The van der Waals surface area contributed by atoms with Gasteiger partial charge in [0.2, 0.25) is 5.91 Å². The Balaban J connectivity index is 1.48. The highest BCUT2D eigenvalue weighted by Crippen LogP contribution is 2.30. The number of aryl methyl sites for hydroxylation is 1. The first-order valence-electron chi connectivity index (χ1n) is 9.53. The molecule has 0 radical (unpaired) electrons. The molecule has 6 heteroatoms. The fraction of sp³-hybridized carbons (Fsp3) is 0.318. The molecule has 0 N–H and O–H groups in total. The van der Waals surface area contributed by atoms with Gasteiger partial charge in [-0.15, -0.1) is 0 Å². The summed E-state index contributed by atoms with van der Waals surface area (Å²) in [6, 6.07) is 15.8. The molecule has 0 bridgehead atoms. The highest BCUT2D eigenvalue weighted by molar-refractivity contribution is 5.79. The van der Waals surface area contributed by atoms with Crippen LogP contribution in [0.4, 0.5) is 0 Å². The van der Waals surface area contributed by atoms with E-state index in [4.69, 9.17) is 9.26 Å². The first-order chi connectivity index (χ1) is 13.6. The van der Waals surface area contributed by atoms with Gasteiger partial charge in [0.15, 0.2) is 5.82 Å². The molecule has 1 aromatic heterocycles. The van der Waals surface area contributed by atoms with Gasteiger partial charge < -0.3 is 14.2 Å². The molecular weight excluding hydrogens is 354 g/mol. The van der Waals surface area contributed by atoms with E-state index in [1.165, 1.54) is 0 Å². The van der Waals surface area contributed by atoms with Crippen LogP contribution in [0.15, 0.2) is 53.1 Å². The summed E-state index contributed by atoms with van der Waals surface area (Å²) >= 11 is 0. The summed E-state index contributed by atoms with van der Waals surface area (Å²) in [6.07, 6.45) is 0.392. The topological polar surface area (TPSA) is 68.5 Å². The lowest BCUT2D eigenvalue weighted by molar-refractivity contribution is -0.128. The van der Waals surface area contributed by atoms with Gasteiger partial charge in [0.25, 0.3) is 5.89 Å². The standard InChI is InChI=1S/C22H23N3O3/c1-3-27-19-10-5-4-8-17(19)13-25-14-18(12-20(25)26)21-23-22(28-24-21)16-9-6-7-15(2)11-16/h4-11,18H,3,12-14H2,1-2H3. The highest BCUT2D eigenvalue weighted by Gasteiger charge is 2.34. The van der Waals surface area contributed by atoms with Crippen LogP contribution in [0.3, 0.4) is 0 Å². The van der Waals surface area contributed by atoms with Crippen LogP contribution in [0.5, 0.6) is 5.75 Å². The second kappa shape index (κ2) is 7.84. The molecule has 1 unspecified atom stereocenters. The number of carbonyl (C=O) groups excluding carboxylic acids is 1. The number of para-hydroxylation sites is 1. The van der Waals surface area contributed by atoms with E-state index in [1.54, 1.807) is 0 Å². The van der Waals surface area contributed by atoms with E-state index in [2.05, 4.69) is 10.1 Å². The molecule has 2 aromatic carbocycles. The van der Waals surface area contributed by atoms with Crippen LogP contribution in [-0.4, -0.2) is 34.1 Å². The van der Waals surface area contributed by atoms with Crippen molar-refractivity contribution >= 4 is 5.91 Å². The molecule has 1 aliphatic heterocycles. The van der Waals surface area contributed by atoms with Crippen molar-refractivity contribution in [1.82, 2.24) is 15.0 Å². The predicted octanol–water partition coefficient (Wildman–Crippen LogP) is 3.96. The van der Waals surface area contributed by atoms with E-state index in [-0.39, 0.29) is 11.8 Å². The van der Waals surface area contributed by atoms with Gasteiger partial charge in [-0.2, -0.15) is 4.98 Å². The molecule has 144 valence electrons. The van der Waals surface area contributed by atoms with E-state index in [9.17, 15) is 4.79 Å². The number of hydrogen-bond acceptors (Lipinski definition) is 5. The summed E-state index contributed by atoms with van der Waals surface area (Å²) in [6.45, 7) is 5.67. The lowest BCUT2D eigenvalue weighted by Crippen LogP contribution is -2.24. The minimum atomic E-state index is -0.0611. The molecule has 1 saturated heterocycles. The lowest BCUT2D eigenvalue weighted by atomic mass is 10.1. The number of aromatic nitrogens is 2. The molecule has 1 fully saturated rings. The zero-order valence-electron chi connectivity index (χ0n) is 16.1. The summed E-state index contributed by atoms with van der Waals surface area (Å²) in [5.41, 5.74) is 3.03. The largest absolute Gasteiger partial charge is 0.494 e. The van der Waals surface area contributed by atoms with Gasteiger partial charge in [-0.05, 0) is 32.0 Å². The number of ether oxygens (including phenoxy) is 1. The van der Waals surface area contributed by atoms with Gasteiger partial charge in [-0.25, -0.2) is 0 Å². The van der Waals surface area contributed by atoms with Crippen molar-refractivity contribution in [2.75, 3.05) is 13.2 Å². The number of rotatable bonds is 6. The molecule has 1 amide bonds. The van der Waals surface area contributed by atoms with Crippen LogP contribution in [0, 0.1) is 6.92 Å². The Labute approximate surface area is 164 Å². The Bertz CT molecular complexity index is 982. The normalized spacial score (nSPS) is 16.6. The monoisotopic (exact) mass is 377 g/mol. The molecular formula is C22H23N3O3. The van der Waals surface area contributed by atoms with E-state index < -0.39 is 0 Å². The van der Waals surface area contributed by atoms with Gasteiger partial charge in [0, 0.05) is 36.6 Å². The fourth-order valence-electron chi connectivity index (χ4n) is 3.53. The Morgan fingerprint density at radius 2 is 2.07 bits per heavy atom. The third-order valence-electron chi connectivity index (χ3n) is 4.92. The average Bonchev–Trinajstić information content (AvgIpc) is 3.31. The van der Waals surface area contributed by atoms with E-state index in [0.717, 1.165) is 22.4 Å². The number of hydrogen-bond donors (Lipinski definition) is 0. The van der Waals surface area contributed by atoms with Crippen molar-refractivity contribution in [1.29, 1.82) is 0 Å². The van der Waals surface area contributed by atoms with Crippen molar-refractivity contribution in [2.24, 2.45) is 0 Å². The summed E-state index contributed by atoms with van der Waals surface area (Å²) in [5, 5.41) is 4.14. The minimum absolute atomic E-state index is 0.0611. The predicted molar refractivity (Wildman–Crippen MR) is 105 cm³/mol. The highest BCUT2D eigenvalue weighted by atomic mass is 16.5. The van der Waals surface area contributed by atoms with Gasteiger partial charge in [-0.3, -0.25) is 4.79 Å². The molecule has 0 spiro atoms. The lowest BCUT2D eigenvalue weighted by Gasteiger charge is -2.18. The average molecular weight is 377 g/mol. The van der Waals surface area contributed by atoms with Gasteiger partial charge in [0.05, 0.1) is 6.61 Å². The van der Waals surface area contributed by atoms with E-state index in [1.807, 2.05) is 67.3 Å². The summed E-state index contributed by atoms with van der Waals surface area (Å²) < 4.78 is 11.1. The molecule has 0 saturated carbocycles. The van der Waals surface area contributed by atoms with Crippen molar-refractivity contribution in [2.45, 2.75) is 32.7 Å². The third-order valence-corrected chi connectivity index (χ3v) is 4.92. The van der Waals surface area contributed by atoms with Crippen molar-refractivity contribution in [3.05, 3.63) is 65.5 Å². The Hall–Kier alpha value is -3.15. The van der Waals surface area contributed by atoms with Gasteiger partial charge in [-0.1, -0.05) is 41.1 Å². The summed E-state index contributed by atoms with van der Waals surface area (Å²) in [7, 11) is 0. The maximum Gasteiger partial charge on any atom is 0.257 e. The van der Waals surface area contributed by atoms with Crippen molar-refractivity contribution < 1.29 is 14.1 Å². The number of benzene rings is 2. The second-order valence-electron chi connectivity index (χ2n) is 7.04. The van der Waals surface area contributed by atoms with Crippen LogP contribution in [0.25, 0.3) is 11.5 Å². The maximum atomic E-state index is 12.6. The molecule has 28 heavy (non-hydrogen) atoms. The fourth-order valence-corrected chi connectivity index (χ4v) is 3.53. The van der Waals surface area contributed by atoms with Crippen LogP contribution >= 0.6 is 0 Å². The molecule has 2 heterocycles. The number of nitrogens with zero attached hydrogens (tertiary/aromatic N) is 3. The van der Waals surface area contributed by atoms with Crippen molar-refractivity contribution in [3.63, 3.8) is 0 Å². The number of likely N-dealkylation sites (tertiary alicyclic amines) is 1. The smallest absolute Gasteiger partial charge is 0.257 e. The zero-order valence-corrected chi connectivity index (χ0v) is 16.1. The first-order valence-corrected chi connectivity index (χ1v) is 9.53.